The Balaban J connectivity index is 1.62. The summed E-state index contributed by atoms with van der Waals surface area (Å²) in [6.45, 7) is 7.55. The summed E-state index contributed by atoms with van der Waals surface area (Å²) in [6.07, 6.45) is 0. The van der Waals surface area contributed by atoms with Gasteiger partial charge in [0.15, 0.2) is 0 Å². The van der Waals surface area contributed by atoms with E-state index in [1.54, 1.807) is 25.3 Å². The molecule has 6 heteroatoms. The average molecular weight is 374 g/mol. The minimum Gasteiger partial charge on any atom is -0.495 e. The number of carbonyl (C=O) groups is 1. The minimum atomic E-state index is -0.195. The monoisotopic (exact) mass is 373 g/mol. The van der Waals surface area contributed by atoms with Crippen LogP contribution in [0.1, 0.15) is 17.3 Å². The number of benzene rings is 2. The number of nitrogens with zero attached hydrogens (tertiary/aromatic N) is 2. The van der Waals surface area contributed by atoms with Gasteiger partial charge in [-0.25, -0.2) is 0 Å². The molecule has 0 radical (unpaired) electrons. The lowest BCUT2D eigenvalue weighted by Crippen LogP contribution is -2.46. The maximum Gasteiger partial charge on any atom is 0.255 e. The quantitative estimate of drug-likeness (QED) is 0.867. The molecule has 3 rings (SSSR count). The van der Waals surface area contributed by atoms with Gasteiger partial charge in [-0.05, 0) is 49.0 Å². The van der Waals surface area contributed by atoms with Gasteiger partial charge in [-0.1, -0.05) is 18.5 Å². The van der Waals surface area contributed by atoms with E-state index in [1.807, 2.05) is 12.1 Å². The van der Waals surface area contributed by atoms with Crippen LogP contribution in [0.2, 0.25) is 5.02 Å². The summed E-state index contributed by atoms with van der Waals surface area (Å²) in [7, 11) is 1.55. The first-order valence-corrected chi connectivity index (χ1v) is 9.20. The fourth-order valence-corrected chi connectivity index (χ4v) is 3.35. The summed E-state index contributed by atoms with van der Waals surface area (Å²) < 4.78 is 5.11. The van der Waals surface area contributed by atoms with Crippen molar-refractivity contribution < 1.29 is 9.53 Å². The van der Waals surface area contributed by atoms with E-state index in [1.165, 1.54) is 5.69 Å². The molecule has 1 saturated heterocycles. The van der Waals surface area contributed by atoms with Crippen molar-refractivity contribution >= 4 is 28.9 Å². The first-order chi connectivity index (χ1) is 12.6. The predicted molar refractivity (Wildman–Crippen MR) is 107 cm³/mol. The van der Waals surface area contributed by atoms with Gasteiger partial charge >= 0.3 is 0 Å². The summed E-state index contributed by atoms with van der Waals surface area (Å²) in [5.74, 6) is 0.356. The van der Waals surface area contributed by atoms with Gasteiger partial charge in [0.05, 0.1) is 12.1 Å². The molecule has 0 saturated carbocycles. The number of hydrogen-bond donors (Lipinski definition) is 1. The molecule has 5 nitrogen and oxygen atoms in total. The minimum absolute atomic E-state index is 0.195. The van der Waals surface area contributed by atoms with Crippen LogP contribution < -0.4 is 15.0 Å². The molecule has 1 N–H and O–H groups in total. The smallest absolute Gasteiger partial charge is 0.255 e. The summed E-state index contributed by atoms with van der Waals surface area (Å²) in [4.78, 5) is 17.2. The van der Waals surface area contributed by atoms with Gasteiger partial charge in [0.1, 0.15) is 5.75 Å². The van der Waals surface area contributed by atoms with Crippen LogP contribution in [0.25, 0.3) is 0 Å². The van der Waals surface area contributed by atoms with Crippen molar-refractivity contribution in [2.75, 3.05) is 50.1 Å². The molecule has 0 aliphatic carbocycles. The van der Waals surface area contributed by atoms with Crippen LogP contribution >= 0.6 is 11.6 Å². The summed E-state index contributed by atoms with van der Waals surface area (Å²) in [6, 6.07) is 13.0. The summed E-state index contributed by atoms with van der Waals surface area (Å²) in [5.41, 5.74) is 2.44. The van der Waals surface area contributed by atoms with Crippen molar-refractivity contribution in [3.63, 3.8) is 0 Å². The van der Waals surface area contributed by atoms with Gasteiger partial charge < -0.3 is 19.9 Å². The molecule has 138 valence electrons. The largest absolute Gasteiger partial charge is 0.495 e. The summed E-state index contributed by atoms with van der Waals surface area (Å²) in [5, 5.41) is 3.32. The van der Waals surface area contributed by atoms with Crippen LogP contribution in [-0.4, -0.2) is 50.6 Å². The second kappa shape index (κ2) is 8.43. The van der Waals surface area contributed by atoms with E-state index in [9.17, 15) is 4.79 Å². The SMILES string of the molecule is CCN1CCN(c2ccc(NC(=O)c3ccc(OC)c(Cl)c3)cc2)CC1. The number of halogens is 1. The van der Waals surface area contributed by atoms with E-state index < -0.39 is 0 Å². The van der Waals surface area contributed by atoms with Crippen LogP contribution in [-0.2, 0) is 0 Å². The molecule has 2 aromatic rings. The fraction of sp³-hybridized carbons (Fsp3) is 0.350. The highest BCUT2D eigenvalue weighted by Gasteiger charge is 2.16. The van der Waals surface area contributed by atoms with Crippen LogP contribution in [0.3, 0.4) is 0 Å². The Morgan fingerprint density at radius 1 is 1.12 bits per heavy atom. The highest BCUT2D eigenvalue weighted by atomic mass is 35.5. The standard InChI is InChI=1S/C20H24ClN3O2/c1-3-23-10-12-24(13-11-23)17-7-5-16(6-8-17)22-20(25)15-4-9-19(26-2)18(21)14-15/h4-9,14H,3,10-13H2,1-2H3,(H,22,25). The molecule has 1 amide bonds. The Morgan fingerprint density at radius 3 is 2.38 bits per heavy atom. The molecule has 1 aliphatic rings. The van der Waals surface area contributed by atoms with Gasteiger partial charge in [-0.2, -0.15) is 0 Å². The maximum atomic E-state index is 12.4. The Hall–Kier alpha value is -2.24. The highest BCUT2D eigenvalue weighted by Crippen LogP contribution is 2.25. The van der Waals surface area contributed by atoms with Gasteiger partial charge in [0.2, 0.25) is 0 Å². The summed E-state index contributed by atoms with van der Waals surface area (Å²) >= 11 is 6.09. The van der Waals surface area contributed by atoms with Gasteiger partial charge in [0.25, 0.3) is 5.91 Å². The number of carbonyl (C=O) groups excluding carboxylic acids is 1. The third kappa shape index (κ3) is 4.29. The van der Waals surface area contributed by atoms with Gasteiger partial charge in [0, 0.05) is 43.1 Å². The molecule has 1 aliphatic heterocycles. The first kappa shape index (κ1) is 18.5. The Morgan fingerprint density at radius 2 is 1.81 bits per heavy atom. The normalized spacial score (nSPS) is 15.0. The fourth-order valence-electron chi connectivity index (χ4n) is 3.09. The molecule has 2 aromatic carbocycles. The third-order valence-corrected chi connectivity index (χ3v) is 5.02. The first-order valence-electron chi connectivity index (χ1n) is 8.83. The molecule has 0 spiro atoms. The van der Waals surface area contributed by atoms with E-state index in [0.717, 1.165) is 38.4 Å². The van der Waals surface area contributed by atoms with Gasteiger partial charge in [-0.15, -0.1) is 0 Å². The second-order valence-electron chi connectivity index (χ2n) is 6.27. The van der Waals surface area contributed by atoms with E-state index in [4.69, 9.17) is 16.3 Å². The number of amides is 1. The number of hydrogen-bond acceptors (Lipinski definition) is 4. The maximum absolute atomic E-state index is 12.4. The number of nitrogens with one attached hydrogen (secondary N) is 1. The number of anilines is 2. The molecule has 1 fully saturated rings. The zero-order chi connectivity index (χ0) is 18.5. The molecule has 0 unspecified atom stereocenters. The lowest BCUT2D eigenvalue weighted by molar-refractivity contribution is 0.102. The van der Waals surface area contributed by atoms with Crippen LogP contribution in [0.15, 0.2) is 42.5 Å². The molecular weight excluding hydrogens is 350 g/mol. The number of rotatable bonds is 5. The van der Waals surface area contributed by atoms with Crippen LogP contribution in [0.5, 0.6) is 5.75 Å². The Labute approximate surface area is 159 Å². The lowest BCUT2D eigenvalue weighted by atomic mass is 10.2. The molecule has 0 aromatic heterocycles. The second-order valence-corrected chi connectivity index (χ2v) is 6.68. The third-order valence-electron chi connectivity index (χ3n) is 4.72. The Bertz CT molecular complexity index is 756. The van der Waals surface area contributed by atoms with E-state index in [0.29, 0.717) is 16.3 Å². The lowest BCUT2D eigenvalue weighted by Gasteiger charge is -2.35. The van der Waals surface area contributed by atoms with Crippen molar-refractivity contribution in [2.45, 2.75) is 6.92 Å². The molecule has 26 heavy (non-hydrogen) atoms. The van der Waals surface area contributed by atoms with Gasteiger partial charge in [-0.3, -0.25) is 4.79 Å². The van der Waals surface area contributed by atoms with E-state index >= 15 is 0 Å². The zero-order valence-electron chi connectivity index (χ0n) is 15.2. The van der Waals surface area contributed by atoms with E-state index in [2.05, 4.69) is 34.2 Å². The topological polar surface area (TPSA) is 44.8 Å². The van der Waals surface area contributed by atoms with E-state index in [-0.39, 0.29) is 5.91 Å². The zero-order valence-corrected chi connectivity index (χ0v) is 15.9. The highest BCUT2D eigenvalue weighted by molar-refractivity contribution is 6.32. The number of ether oxygens (including phenoxy) is 1. The number of piperazine rings is 1. The predicted octanol–water partition coefficient (Wildman–Crippen LogP) is 3.74. The average Bonchev–Trinajstić information content (AvgIpc) is 2.68. The van der Waals surface area contributed by atoms with Crippen molar-refractivity contribution in [1.29, 1.82) is 0 Å². The van der Waals surface area contributed by atoms with Crippen molar-refractivity contribution in [3.05, 3.63) is 53.1 Å². The number of methoxy groups -OCH3 is 1. The number of likely N-dealkylation sites (N-methyl/N-ethyl adjacent to an activating group) is 1. The molecule has 0 atom stereocenters. The van der Waals surface area contributed by atoms with Crippen molar-refractivity contribution in [1.82, 2.24) is 4.90 Å². The molecule has 0 bridgehead atoms. The van der Waals surface area contributed by atoms with Crippen molar-refractivity contribution in [3.8, 4) is 5.75 Å². The Kier molecular flexibility index (Phi) is 6.01. The molecule has 1 heterocycles. The van der Waals surface area contributed by atoms with Crippen LogP contribution in [0, 0.1) is 0 Å². The van der Waals surface area contributed by atoms with Crippen molar-refractivity contribution in [2.24, 2.45) is 0 Å². The van der Waals surface area contributed by atoms with Crippen LogP contribution in [0.4, 0.5) is 11.4 Å². The molecular formula is C20H24ClN3O2.